The lowest BCUT2D eigenvalue weighted by Crippen LogP contribution is -2.43. The highest BCUT2D eigenvalue weighted by Crippen LogP contribution is 2.35. The van der Waals surface area contributed by atoms with Crippen molar-refractivity contribution in [1.29, 1.82) is 0 Å². The molecule has 0 aromatic carbocycles. The molecule has 0 saturated heterocycles. The molecule has 0 radical (unpaired) electrons. The van der Waals surface area contributed by atoms with Gasteiger partial charge in [0, 0.05) is 11.4 Å². The Kier molecular flexibility index (Phi) is 3.71. The first-order valence-corrected chi connectivity index (χ1v) is 7.03. The van der Waals surface area contributed by atoms with E-state index in [4.69, 9.17) is 5.11 Å². The van der Waals surface area contributed by atoms with E-state index in [1.807, 2.05) is 12.3 Å². The zero-order chi connectivity index (χ0) is 13.3. The lowest BCUT2D eigenvalue weighted by atomic mass is 9.96. The highest BCUT2D eigenvalue weighted by Gasteiger charge is 2.34. The highest BCUT2D eigenvalue weighted by molar-refractivity contribution is 7.10. The number of carbonyl (C=O) groups excluding carboxylic acids is 1. The Hall–Kier alpha value is -1.36. The van der Waals surface area contributed by atoms with Crippen molar-refractivity contribution in [2.24, 2.45) is 5.92 Å². The molecule has 5 heteroatoms. The van der Waals surface area contributed by atoms with E-state index in [-0.39, 0.29) is 11.9 Å². The Labute approximate surface area is 110 Å². The summed E-state index contributed by atoms with van der Waals surface area (Å²) in [5, 5.41) is 11.0. The van der Waals surface area contributed by atoms with Gasteiger partial charge in [0.1, 0.15) is 5.92 Å². The molecular formula is C13H17NO3S. The van der Waals surface area contributed by atoms with Gasteiger partial charge in [-0.1, -0.05) is 6.92 Å². The molecule has 4 nitrogen and oxygen atoms in total. The maximum atomic E-state index is 12.2. The van der Waals surface area contributed by atoms with Gasteiger partial charge in [-0.05, 0) is 36.8 Å². The number of rotatable bonds is 3. The van der Waals surface area contributed by atoms with E-state index in [1.54, 1.807) is 16.2 Å². The van der Waals surface area contributed by atoms with E-state index in [9.17, 15) is 9.59 Å². The molecular weight excluding hydrogens is 250 g/mol. The summed E-state index contributed by atoms with van der Waals surface area (Å²) in [6.45, 7) is 4.12. The van der Waals surface area contributed by atoms with Gasteiger partial charge in [0.05, 0.1) is 6.04 Å². The quantitative estimate of drug-likeness (QED) is 0.855. The lowest BCUT2D eigenvalue weighted by Gasteiger charge is -2.36. The first kappa shape index (κ1) is 13.1. The molecule has 98 valence electrons. The number of carboxylic acid groups (broad SMARTS) is 1. The maximum Gasteiger partial charge on any atom is 0.315 e. The zero-order valence-electron chi connectivity index (χ0n) is 10.5. The van der Waals surface area contributed by atoms with E-state index < -0.39 is 11.9 Å². The fourth-order valence-corrected chi connectivity index (χ4v) is 3.38. The van der Waals surface area contributed by atoms with Gasteiger partial charge in [-0.3, -0.25) is 9.59 Å². The van der Waals surface area contributed by atoms with E-state index >= 15 is 0 Å². The molecule has 1 aromatic heterocycles. The van der Waals surface area contributed by atoms with E-state index in [0.29, 0.717) is 6.54 Å². The van der Waals surface area contributed by atoms with Gasteiger partial charge < -0.3 is 10.0 Å². The summed E-state index contributed by atoms with van der Waals surface area (Å²) < 4.78 is 0. The number of carbonyl (C=O) groups is 2. The summed E-state index contributed by atoms with van der Waals surface area (Å²) in [5.74, 6) is -2.28. The van der Waals surface area contributed by atoms with Crippen LogP contribution in [0.3, 0.4) is 0 Å². The van der Waals surface area contributed by atoms with Gasteiger partial charge in [-0.15, -0.1) is 11.3 Å². The molecule has 2 unspecified atom stereocenters. The number of fused-ring (bicyclic) bond motifs is 1. The van der Waals surface area contributed by atoms with Crippen LogP contribution in [0.15, 0.2) is 11.4 Å². The highest BCUT2D eigenvalue weighted by atomic mass is 32.1. The van der Waals surface area contributed by atoms with Crippen LogP contribution in [0.4, 0.5) is 0 Å². The fourth-order valence-electron chi connectivity index (χ4n) is 2.45. The summed E-state index contributed by atoms with van der Waals surface area (Å²) in [7, 11) is 0. The third-order valence-electron chi connectivity index (χ3n) is 3.51. The van der Waals surface area contributed by atoms with Crippen molar-refractivity contribution in [2.45, 2.75) is 32.7 Å². The molecule has 2 rings (SSSR count). The summed E-state index contributed by atoms with van der Waals surface area (Å²) in [4.78, 5) is 26.2. The van der Waals surface area contributed by atoms with Crippen LogP contribution >= 0.6 is 11.3 Å². The van der Waals surface area contributed by atoms with Crippen LogP contribution in [0.5, 0.6) is 0 Å². The number of hydrogen-bond acceptors (Lipinski definition) is 3. The second kappa shape index (κ2) is 5.10. The van der Waals surface area contributed by atoms with Crippen LogP contribution in [0.25, 0.3) is 0 Å². The first-order valence-electron chi connectivity index (χ1n) is 6.15. The molecule has 2 heterocycles. The number of nitrogens with zero attached hydrogens (tertiary/aromatic N) is 1. The normalized spacial score (nSPS) is 20.3. The van der Waals surface area contributed by atoms with Crippen molar-refractivity contribution < 1.29 is 14.7 Å². The Bertz CT molecular complexity index is 469. The third kappa shape index (κ3) is 2.14. The molecule has 0 saturated carbocycles. The monoisotopic (exact) mass is 267 g/mol. The number of aliphatic carboxylic acids is 1. The van der Waals surface area contributed by atoms with Gasteiger partial charge in [0.2, 0.25) is 5.91 Å². The van der Waals surface area contributed by atoms with E-state index in [2.05, 4.69) is 6.07 Å². The average Bonchev–Trinajstić information content (AvgIpc) is 2.83. The molecule has 1 N–H and O–H groups in total. The third-order valence-corrected chi connectivity index (χ3v) is 4.50. The SMILES string of the molecule is CCC1c2ccsc2CCN1C(=O)C(C)C(=O)O. The molecule has 2 atom stereocenters. The second-order valence-electron chi connectivity index (χ2n) is 4.56. The van der Waals surface area contributed by atoms with Crippen LogP contribution in [-0.4, -0.2) is 28.4 Å². The Morgan fingerprint density at radius 3 is 2.94 bits per heavy atom. The van der Waals surface area contributed by atoms with Gasteiger partial charge in [0.15, 0.2) is 0 Å². The topological polar surface area (TPSA) is 57.6 Å². The minimum absolute atomic E-state index is 0.0364. The molecule has 0 fully saturated rings. The Morgan fingerprint density at radius 2 is 2.33 bits per heavy atom. The largest absolute Gasteiger partial charge is 0.481 e. The number of amides is 1. The standard InChI is InChI=1S/C13H17NO3S/c1-3-10-9-5-7-18-11(9)4-6-14(10)12(15)8(2)13(16)17/h5,7-8,10H,3-4,6H2,1-2H3,(H,16,17). The zero-order valence-corrected chi connectivity index (χ0v) is 11.4. The fraction of sp³-hybridized carbons (Fsp3) is 0.538. The molecule has 1 aromatic rings. The van der Waals surface area contributed by atoms with Crippen molar-refractivity contribution in [3.63, 3.8) is 0 Å². The van der Waals surface area contributed by atoms with Crippen LogP contribution in [0.2, 0.25) is 0 Å². The van der Waals surface area contributed by atoms with Gasteiger partial charge in [-0.2, -0.15) is 0 Å². The predicted octanol–water partition coefficient (Wildman–Crippen LogP) is 2.30. The predicted molar refractivity (Wildman–Crippen MR) is 69.6 cm³/mol. The minimum atomic E-state index is -1.05. The van der Waals surface area contributed by atoms with Crippen molar-refractivity contribution >= 4 is 23.2 Å². The van der Waals surface area contributed by atoms with Crippen molar-refractivity contribution in [3.8, 4) is 0 Å². The van der Waals surface area contributed by atoms with E-state index in [1.165, 1.54) is 17.4 Å². The molecule has 1 amide bonds. The van der Waals surface area contributed by atoms with Crippen LogP contribution in [0, 0.1) is 5.92 Å². The minimum Gasteiger partial charge on any atom is -0.481 e. The smallest absolute Gasteiger partial charge is 0.315 e. The first-order chi connectivity index (χ1) is 8.56. The summed E-state index contributed by atoms with van der Waals surface area (Å²) >= 11 is 1.72. The Balaban J connectivity index is 2.25. The van der Waals surface area contributed by atoms with Gasteiger partial charge in [-0.25, -0.2) is 0 Å². The number of hydrogen-bond donors (Lipinski definition) is 1. The lowest BCUT2D eigenvalue weighted by molar-refractivity contribution is -0.151. The maximum absolute atomic E-state index is 12.2. The van der Waals surface area contributed by atoms with Crippen molar-refractivity contribution in [1.82, 2.24) is 4.90 Å². The number of carboxylic acids is 1. The van der Waals surface area contributed by atoms with Gasteiger partial charge >= 0.3 is 5.97 Å². The summed E-state index contributed by atoms with van der Waals surface area (Å²) in [6.07, 6.45) is 1.66. The second-order valence-corrected chi connectivity index (χ2v) is 5.57. The van der Waals surface area contributed by atoms with Crippen molar-refractivity contribution in [2.75, 3.05) is 6.54 Å². The number of thiophene rings is 1. The van der Waals surface area contributed by atoms with Crippen LogP contribution < -0.4 is 0 Å². The average molecular weight is 267 g/mol. The molecule has 1 aliphatic heterocycles. The molecule has 0 aliphatic carbocycles. The van der Waals surface area contributed by atoms with Gasteiger partial charge in [0.25, 0.3) is 0 Å². The Morgan fingerprint density at radius 1 is 1.61 bits per heavy atom. The van der Waals surface area contributed by atoms with Crippen LogP contribution in [-0.2, 0) is 16.0 Å². The summed E-state index contributed by atoms with van der Waals surface area (Å²) in [5.41, 5.74) is 1.19. The molecule has 18 heavy (non-hydrogen) atoms. The van der Waals surface area contributed by atoms with Crippen molar-refractivity contribution in [3.05, 3.63) is 21.9 Å². The van der Waals surface area contributed by atoms with E-state index in [0.717, 1.165) is 12.8 Å². The summed E-state index contributed by atoms with van der Waals surface area (Å²) in [6, 6.07) is 2.09. The molecule has 0 spiro atoms. The van der Waals surface area contributed by atoms with Crippen LogP contribution in [0.1, 0.15) is 36.8 Å². The molecule has 0 bridgehead atoms. The molecule has 1 aliphatic rings.